The summed E-state index contributed by atoms with van der Waals surface area (Å²) in [5.74, 6) is 0. The summed E-state index contributed by atoms with van der Waals surface area (Å²) in [5.41, 5.74) is 3.95. The van der Waals surface area contributed by atoms with E-state index in [1.165, 1.54) is 23.3 Å². The molecular weight excluding hydrogens is 134 g/mol. The lowest BCUT2D eigenvalue weighted by atomic mass is 10.2. The molecule has 0 unspecified atom stereocenters. The molecule has 0 bridgehead atoms. The van der Waals surface area contributed by atoms with Crippen LogP contribution < -0.4 is 5.32 Å². The lowest BCUT2D eigenvalue weighted by Gasteiger charge is -1.98. The number of hydrogen-bond acceptors (Lipinski definition) is 1. The molecule has 0 aromatic carbocycles. The van der Waals surface area contributed by atoms with Crippen LogP contribution in [0.4, 0.5) is 0 Å². The van der Waals surface area contributed by atoms with Crippen LogP contribution in [0.25, 0.3) is 0 Å². The second kappa shape index (κ2) is 3.42. The van der Waals surface area contributed by atoms with Gasteiger partial charge in [-0.1, -0.05) is 12.7 Å². The lowest BCUT2D eigenvalue weighted by Crippen LogP contribution is -2.05. The summed E-state index contributed by atoms with van der Waals surface area (Å²) < 4.78 is 0. The van der Waals surface area contributed by atoms with E-state index in [0.29, 0.717) is 0 Å². The molecule has 0 spiro atoms. The van der Waals surface area contributed by atoms with E-state index in [9.17, 15) is 0 Å². The van der Waals surface area contributed by atoms with Crippen LogP contribution in [-0.4, -0.2) is 6.54 Å². The summed E-state index contributed by atoms with van der Waals surface area (Å²) in [6, 6.07) is 0. The predicted octanol–water partition coefficient (Wildman–Crippen LogP) is 2.39. The van der Waals surface area contributed by atoms with Crippen molar-refractivity contribution in [2.45, 2.75) is 20.3 Å². The normalized spacial score (nSPS) is 18.5. The van der Waals surface area contributed by atoms with Crippen molar-refractivity contribution in [2.75, 3.05) is 6.54 Å². The summed E-state index contributed by atoms with van der Waals surface area (Å²) in [5, 5.41) is 3.33. The highest BCUT2D eigenvalue weighted by Gasteiger charge is 2.05. The quantitative estimate of drug-likeness (QED) is 0.594. The van der Waals surface area contributed by atoms with E-state index in [-0.39, 0.29) is 0 Å². The number of allylic oxidation sites excluding steroid dienone is 3. The van der Waals surface area contributed by atoms with Crippen molar-refractivity contribution in [1.82, 2.24) is 5.32 Å². The highest BCUT2D eigenvalue weighted by Crippen LogP contribution is 2.14. The molecule has 0 aliphatic carbocycles. The van der Waals surface area contributed by atoms with E-state index in [4.69, 9.17) is 0 Å². The van der Waals surface area contributed by atoms with Crippen molar-refractivity contribution < 1.29 is 0 Å². The Balaban J connectivity index is 2.75. The zero-order valence-corrected chi connectivity index (χ0v) is 7.28. The molecule has 1 heterocycles. The van der Waals surface area contributed by atoms with Crippen LogP contribution >= 0.6 is 0 Å². The zero-order valence-electron chi connectivity index (χ0n) is 7.28. The third kappa shape index (κ3) is 1.97. The Morgan fingerprint density at radius 2 is 2.36 bits per heavy atom. The highest BCUT2D eigenvalue weighted by atomic mass is 14.9. The molecule has 60 valence electrons. The van der Waals surface area contributed by atoms with Gasteiger partial charge in [-0.15, -0.1) is 0 Å². The molecule has 0 aromatic rings. The van der Waals surface area contributed by atoms with Crippen molar-refractivity contribution in [3.63, 3.8) is 0 Å². The minimum Gasteiger partial charge on any atom is -0.385 e. The summed E-state index contributed by atoms with van der Waals surface area (Å²) >= 11 is 0. The average molecular weight is 149 g/mol. The minimum atomic E-state index is 1.09. The van der Waals surface area contributed by atoms with Gasteiger partial charge >= 0.3 is 0 Å². The molecule has 0 atom stereocenters. The first-order chi connectivity index (χ1) is 5.24. The van der Waals surface area contributed by atoms with Gasteiger partial charge in [0, 0.05) is 12.2 Å². The first kappa shape index (κ1) is 8.12. The van der Waals surface area contributed by atoms with Gasteiger partial charge < -0.3 is 5.32 Å². The number of rotatable bonds is 2. The fourth-order valence-corrected chi connectivity index (χ4v) is 1.13. The SMILES string of the molecule is C=C/C(C)=C\C1=C(C)CCN1. The van der Waals surface area contributed by atoms with Crippen LogP contribution in [0, 0.1) is 0 Å². The largest absolute Gasteiger partial charge is 0.385 e. The summed E-state index contributed by atoms with van der Waals surface area (Å²) in [6.45, 7) is 9.03. The van der Waals surface area contributed by atoms with E-state index in [1.54, 1.807) is 0 Å². The molecule has 1 rings (SSSR count). The molecular formula is C10H15N. The topological polar surface area (TPSA) is 12.0 Å². The third-order valence-electron chi connectivity index (χ3n) is 1.97. The lowest BCUT2D eigenvalue weighted by molar-refractivity contribution is 0.885. The molecule has 1 heteroatoms. The Morgan fingerprint density at radius 1 is 1.64 bits per heavy atom. The molecule has 1 aliphatic rings. The van der Waals surface area contributed by atoms with Gasteiger partial charge in [0.15, 0.2) is 0 Å². The maximum absolute atomic E-state index is 3.71. The van der Waals surface area contributed by atoms with Crippen molar-refractivity contribution in [1.29, 1.82) is 0 Å². The van der Waals surface area contributed by atoms with Crippen molar-refractivity contribution >= 4 is 0 Å². The van der Waals surface area contributed by atoms with E-state index in [2.05, 4.69) is 31.8 Å². The van der Waals surface area contributed by atoms with Crippen LogP contribution in [-0.2, 0) is 0 Å². The molecule has 0 radical (unpaired) electrons. The number of nitrogens with one attached hydrogen (secondary N) is 1. The average Bonchev–Trinajstić information content (AvgIpc) is 2.37. The monoisotopic (exact) mass is 149 g/mol. The van der Waals surface area contributed by atoms with Crippen LogP contribution in [0.1, 0.15) is 20.3 Å². The predicted molar refractivity (Wildman–Crippen MR) is 49.3 cm³/mol. The summed E-state index contributed by atoms with van der Waals surface area (Å²) in [7, 11) is 0. The van der Waals surface area contributed by atoms with E-state index >= 15 is 0 Å². The van der Waals surface area contributed by atoms with Crippen LogP contribution in [0.3, 0.4) is 0 Å². The van der Waals surface area contributed by atoms with E-state index in [0.717, 1.165) is 6.54 Å². The zero-order chi connectivity index (χ0) is 8.27. The molecule has 1 N–H and O–H groups in total. The fourth-order valence-electron chi connectivity index (χ4n) is 1.13. The molecule has 0 amide bonds. The van der Waals surface area contributed by atoms with Gasteiger partial charge in [0.2, 0.25) is 0 Å². The highest BCUT2D eigenvalue weighted by molar-refractivity contribution is 5.32. The van der Waals surface area contributed by atoms with E-state index < -0.39 is 0 Å². The van der Waals surface area contributed by atoms with Crippen LogP contribution in [0.2, 0.25) is 0 Å². The molecule has 11 heavy (non-hydrogen) atoms. The maximum Gasteiger partial charge on any atom is 0.0332 e. The molecule has 1 nitrogen and oxygen atoms in total. The smallest absolute Gasteiger partial charge is 0.0332 e. The van der Waals surface area contributed by atoms with Gasteiger partial charge in [-0.25, -0.2) is 0 Å². The Kier molecular flexibility index (Phi) is 2.53. The van der Waals surface area contributed by atoms with Gasteiger partial charge in [-0.3, -0.25) is 0 Å². The first-order valence-corrected chi connectivity index (χ1v) is 3.98. The number of hydrogen-bond donors (Lipinski definition) is 1. The standard InChI is InChI=1S/C10H15N/c1-4-8(2)7-10-9(3)5-6-11-10/h4,7,11H,1,5-6H2,2-3H3/b8-7-. The minimum absolute atomic E-state index is 1.09. The van der Waals surface area contributed by atoms with Crippen LogP contribution in [0.5, 0.6) is 0 Å². The van der Waals surface area contributed by atoms with Crippen molar-refractivity contribution in [3.05, 3.63) is 35.6 Å². The third-order valence-corrected chi connectivity index (χ3v) is 1.97. The summed E-state index contributed by atoms with van der Waals surface area (Å²) in [4.78, 5) is 0. The Bertz CT molecular complexity index is 221. The van der Waals surface area contributed by atoms with E-state index in [1.807, 2.05) is 6.08 Å². The van der Waals surface area contributed by atoms with Gasteiger partial charge in [0.05, 0.1) is 0 Å². The molecule has 0 saturated carbocycles. The van der Waals surface area contributed by atoms with Crippen molar-refractivity contribution in [3.8, 4) is 0 Å². The Hall–Kier alpha value is -0.980. The molecule has 1 aliphatic heterocycles. The van der Waals surface area contributed by atoms with Gasteiger partial charge in [-0.2, -0.15) is 0 Å². The van der Waals surface area contributed by atoms with Gasteiger partial charge in [0.25, 0.3) is 0 Å². The second-order valence-corrected chi connectivity index (χ2v) is 2.96. The second-order valence-electron chi connectivity index (χ2n) is 2.96. The summed E-state index contributed by atoms with van der Waals surface area (Å²) in [6.07, 6.45) is 5.20. The molecule has 0 saturated heterocycles. The molecule has 0 aromatic heterocycles. The Labute approximate surface area is 68.5 Å². The van der Waals surface area contributed by atoms with Gasteiger partial charge in [-0.05, 0) is 37.5 Å². The van der Waals surface area contributed by atoms with Crippen LogP contribution in [0.15, 0.2) is 35.6 Å². The van der Waals surface area contributed by atoms with Crippen molar-refractivity contribution in [2.24, 2.45) is 0 Å². The maximum atomic E-state index is 3.71. The first-order valence-electron chi connectivity index (χ1n) is 3.98. The fraction of sp³-hybridized carbons (Fsp3) is 0.400. The Morgan fingerprint density at radius 3 is 2.82 bits per heavy atom. The van der Waals surface area contributed by atoms with Gasteiger partial charge in [0.1, 0.15) is 0 Å². The molecule has 0 fully saturated rings.